The van der Waals surface area contributed by atoms with Crippen LogP contribution in [0.2, 0.25) is 0 Å². The van der Waals surface area contributed by atoms with Crippen molar-refractivity contribution in [1.29, 1.82) is 0 Å². The topological polar surface area (TPSA) is 34.0 Å². The van der Waals surface area contributed by atoms with Crippen LogP contribution in [0.25, 0.3) is 10.9 Å². The standard InChI is InChI=1S/C17H22N2O/c1-8-7-18-17(20)16-13(6)14-11(4)9(2)10(3)12(5)15(14)19(8)16/h8H,7H2,1-6H3,(H,18,20). The van der Waals surface area contributed by atoms with E-state index in [1.807, 2.05) is 0 Å². The summed E-state index contributed by atoms with van der Waals surface area (Å²) >= 11 is 0. The molecule has 1 aromatic carbocycles. The summed E-state index contributed by atoms with van der Waals surface area (Å²) in [4.78, 5) is 12.3. The second kappa shape index (κ2) is 4.11. The van der Waals surface area contributed by atoms with Crippen molar-refractivity contribution in [2.75, 3.05) is 6.54 Å². The second-order valence-electron chi connectivity index (χ2n) is 6.13. The lowest BCUT2D eigenvalue weighted by atomic mass is 9.94. The maximum absolute atomic E-state index is 12.3. The molecule has 1 atom stereocenters. The molecule has 0 bridgehead atoms. The minimum Gasteiger partial charge on any atom is -0.349 e. The summed E-state index contributed by atoms with van der Waals surface area (Å²) in [5.74, 6) is 0.0610. The quantitative estimate of drug-likeness (QED) is 0.781. The molecule has 3 nitrogen and oxygen atoms in total. The van der Waals surface area contributed by atoms with E-state index in [1.54, 1.807) is 0 Å². The van der Waals surface area contributed by atoms with E-state index in [9.17, 15) is 4.79 Å². The Balaban J connectivity index is 2.59. The Morgan fingerprint density at radius 1 is 0.950 bits per heavy atom. The van der Waals surface area contributed by atoms with E-state index in [0.717, 1.165) is 11.3 Å². The van der Waals surface area contributed by atoms with Crippen molar-refractivity contribution in [3.05, 3.63) is 33.5 Å². The van der Waals surface area contributed by atoms with Crippen LogP contribution >= 0.6 is 0 Å². The Bertz CT molecular complexity index is 753. The highest BCUT2D eigenvalue weighted by Gasteiger charge is 2.29. The normalized spacial score (nSPS) is 18.3. The van der Waals surface area contributed by atoms with Gasteiger partial charge in [0.15, 0.2) is 0 Å². The third-order valence-corrected chi connectivity index (χ3v) is 5.08. The van der Waals surface area contributed by atoms with Crippen LogP contribution < -0.4 is 5.32 Å². The first-order chi connectivity index (χ1) is 9.36. The number of nitrogens with one attached hydrogen (secondary N) is 1. The van der Waals surface area contributed by atoms with Gasteiger partial charge in [0.05, 0.1) is 5.52 Å². The third-order valence-electron chi connectivity index (χ3n) is 5.08. The highest BCUT2D eigenvalue weighted by Crippen LogP contribution is 2.37. The van der Waals surface area contributed by atoms with E-state index in [-0.39, 0.29) is 5.91 Å². The first kappa shape index (κ1) is 13.2. The molecule has 106 valence electrons. The number of benzene rings is 1. The average Bonchev–Trinajstić information content (AvgIpc) is 2.73. The van der Waals surface area contributed by atoms with Crippen molar-refractivity contribution in [2.24, 2.45) is 0 Å². The van der Waals surface area contributed by atoms with Crippen molar-refractivity contribution < 1.29 is 4.79 Å². The van der Waals surface area contributed by atoms with Crippen molar-refractivity contribution in [1.82, 2.24) is 9.88 Å². The van der Waals surface area contributed by atoms with Gasteiger partial charge in [-0.05, 0) is 69.4 Å². The van der Waals surface area contributed by atoms with Crippen LogP contribution in [0.3, 0.4) is 0 Å². The average molecular weight is 270 g/mol. The van der Waals surface area contributed by atoms with Gasteiger partial charge in [0, 0.05) is 18.0 Å². The van der Waals surface area contributed by atoms with Gasteiger partial charge in [0.1, 0.15) is 5.69 Å². The summed E-state index contributed by atoms with van der Waals surface area (Å²) in [6.07, 6.45) is 0. The molecule has 0 saturated heterocycles. The lowest BCUT2D eigenvalue weighted by Gasteiger charge is -2.25. The van der Waals surface area contributed by atoms with E-state index < -0.39 is 0 Å². The highest BCUT2D eigenvalue weighted by atomic mass is 16.2. The van der Waals surface area contributed by atoms with E-state index in [1.165, 1.54) is 33.2 Å². The molecule has 20 heavy (non-hydrogen) atoms. The molecule has 1 unspecified atom stereocenters. The smallest absolute Gasteiger partial charge is 0.268 e. The molecule has 0 spiro atoms. The number of fused-ring (bicyclic) bond motifs is 3. The van der Waals surface area contributed by atoms with Gasteiger partial charge in [-0.1, -0.05) is 0 Å². The summed E-state index contributed by atoms with van der Waals surface area (Å²) in [5.41, 5.74) is 8.51. The van der Waals surface area contributed by atoms with E-state index in [0.29, 0.717) is 12.6 Å². The predicted octanol–water partition coefficient (Wildman–Crippen LogP) is 3.49. The Morgan fingerprint density at radius 2 is 1.55 bits per heavy atom. The maximum atomic E-state index is 12.3. The molecule has 0 radical (unpaired) electrons. The molecule has 0 fully saturated rings. The fourth-order valence-electron chi connectivity index (χ4n) is 3.60. The van der Waals surface area contributed by atoms with Crippen LogP contribution in [-0.2, 0) is 0 Å². The monoisotopic (exact) mass is 270 g/mol. The van der Waals surface area contributed by atoms with Gasteiger partial charge in [0.25, 0.3) is 5.91 Å². The number of rotatable bonds is 0. The number of aryl methyl sites for hydroxylation is 3. The van der Waals surface area contributed by atoms with E-state index in [2.05, 4.69) is 51.4 Å². The zero-order valence-electron chi connectivity index (χ0n) is 13.1. The lowest BCUT2D eigenvalue weighted by molar-refractivity contribution is 0.0918. The first-order valence-corrected chi connectivity index (χ1v) is 7.25. The van der Waals surface area contributed by atoms with Gasteiger partial charge in [-0.3, -0.25) is 4.79 Å². The maximum Gasteiger partial charge on any atom is 0.268 e. The van der Waals surface area contributed by atoms with Crippen LogP contribution in [0.4, 0.5) is 0 Å². The summed E-state index contributed by atoms with van der Waals surface area (Å²) in [6, 6.07) is 0.305. The molecular formula is C17H22N2O. The number of hydrogen-bond acceptors (Lipinski definition) is 1. The minimum atomic E-state index is 0.0610. The molecule has 1 aromatic heterocycles. The van der Waals surface area contributed by atoms with Gasteiger partial charge in [-0.15, -0.1) is 0 Å². The van der Waals surface area contributed by atoms with Crippen molar-refractivity contribution in [2.45, 2.75) is 47.6 Å². The number of nitrogens with zero attached hydrogens (tertiary/aromatic N) is 1. The minimum absolute atomic E-state index is 0.0610. The Kier molecular flexibility index (Phi) is 2.72. The molecule has 0 saturated carbocycles. The molecule has 3 heteroatoms. The largest absolute Gasteiger partial charge is 0.349 e. The summed E-state index contributed by atoms with van der Waals surface area (Å²) in [5, 5.41) is 4.27. The SMILES string of the molecule is Cc1c(C)c(C)c2c(c1C)c(C)c1n2C(C)CNC1=O. The molecule has 1 amide bonds. The number of carbonyl (C=O) groups is 1. The molecule has 2 aromatic rings. The van der Waals surface area contributed by atoms with Crippen LogP contribution in [-0.4, -0.2) is 17.0 Å². The predicted molar refractivity (Wildman–Crippen MR) is 82.7 cm³/mol. The van der Waals surface area contributed by atoms with E-state index in [4.69, 9.17) is 0 Å². The van der Waals surface area contributed by atoms with Crippen LogP contribution in [0.5, 0.6) is 0 Å². The fourth-order valence-corrected chi connectivity index (χ4v) is 3.60. The van der Waals surface area contributed by atoms with Gasteiger partial charge < -0.3 is 9.88 Å². The van der Waals surface area contributed by atoms with Gasteiger partial charge in [-0.25, -0.2) is 0 Å². The zero-order valence-corrected chi connectivity index (χ0v) is 13.1. The highest BCUT2D eigenvalue weighted by molar-refractivity contribution is 6.04. The zero-order chi connectivity index (χ0) is 14.8. The van der Waals surface area contributed by atoms with E-state index >= 15 is 0 Å². The van der Waals surface area contributed by atoms with Crippen molar-refractivity contribution in [3.63, 3.8) is 0 Å². The molecule has 1 N–H and O–H groups in total. The molecule has 3 rings (SSSR count). The Labute approximate surface area is 120 Å². The number of carbonyl (C=O) groups excluding carboxylic acids is 1. The summed E-state index contributed by atoms with van der Waals surface area (Å²) in [7, 11) is 0. The fraction of sp³-hybridized carbons (Fsp3) is 0.471. The molecule has 1 aliphatic rings. The number of aromatic nitrogens is 1. The van der Waals surface area contributed by atoms with Crippen molar-refractivity contribution >= 4 is 16.8 Å². The second-order valence-corrected chi connectivity index (χ2v) is 6.13. The third kappa shape index (κ3) is 1.43. The first-order valence-electron chi connectivity index (χ1n) is 7.25. The van der Waals surface area contributed by atoms with Gasteiger partial charge >= 0.3 is 0 Å². The Hall–Kier alpha value is -1.77. The van der Waals surface area contributed by atoms with Crippen molar-refractivity contribution in [3.8, 4) is 0 Å². The Morgan fingerprint density at radius 3 is 2.20 bits per heavy atom. The molecule has 0 aliphatic carbocycles. The molecular weight excluding hydrogens is 248 g/mol. The number of amides is 1. The summed E-state index contributed by atoms with van der Waals surface area (Å²) in [6.45, 7) is 13.7. The van der Waals surface area contributed by atoms with Crippen LogP contribution in [0.15, 0.2) is 0 Å². The lowest BCUT2D eigenvalue weighted by Crippen LogP contribution is -2.38. The van der Waals surface area contributed by atoms with Gasteiger partial charge in [0.2, 0.25) is 0 Å². The van der Waals surface area contributed by atoms with Crippen LogP contribution in [0.1, 0.15) is 51.3 Å². The molecule has 1 aliphatic heterocycles. The number of hydrogen-bond donors (Lipinski definition) is 1. The van der Waals surface area contributed by atoms with Crippen LogP contribution in [0, 0.1) is 34.6 Å². The molecule has 2 heterocycles. The summed E-state index contributed by atoms with van der Waals surface area (Å²) < 4.78 is 2.25. The van der Waals surface area contributed by atoms with Gasteiger partial charge in [-0.2, -0.15) is 0 Å².